The molecule has 0 N–H and O–H groups in total. The molecule has 16 heavy (non-hydrogen) atoms. The van der Waals surface area contributed by atoms with Crippen molar-refractivity contribution in [3.8, 4) is 0 Å². The first-order valence-electron chi connectivity index (χ1n) is 4.99. The summed E-state index contributed by atoms with van der Waals surface area (Å²) in [6.07, 6.45) is 5.98. The van der Waals surface area contributed by atoms with Crippen LogP contribution in [0.2, 0.25) is 0 Å². The van der Waals surface area contributed by atoms with E-state index in [1.807, 2.05) is 6.92 Å². The number of hydrogen-bond acceptors (Lipinski definition) is 4. The number of rotatable bonds is 6. The molecule has 0 aliphatic heterocycles. The fraction of sp³-hybridized carbons (Fsp3) is 0.500. The molecule has 89 valence electrons. The Labute approximate surface area is 95.4 Å². The van der Waals surface area contributed by atoms with E-state index in [4.69, 9.17) is 0 Å². The molecule has 6 heteroatoms. The number of ketones is 1. The Bertz CT molecular complexity index is 462. The molecule has 5 nitrogen and oxygen atoms in total. The monoisotopic (exact) mass is 243 g/mol. The lowest BCUT2D eigenvalue weighted by Gasteiger charge is -1.96. The smallest absolute Gasteiger partial charge is 0.186 e. The molecule has 0 aliphatic carbocycles. The minimum absolute atomic E-state index is 0.00672. The molecule has 0 atom stereocenters. The summed E-state index contributed by atoms with van der Waals surface area (Å²) in [5, 5.41) is 0. The highest BCUT2D eigenvalue weighted by atomic mass is 32.2. The first-order valence-corrected chi connectivity index (χ1v) is 7.05. The van der Waals surface area contributed by atoms with Gasteiger partial charge < -0.3 is 4.57 Å². The summed E-state index contributed by atoms with van der Waals surface area (Å²) >= 11 is 0. The molecule has 1 heterocycles. The van der Waals surface area contributed by atoms with E-state index in [1.54, 1.807) is 17.1 Å². The van der Waals surface area contributed by atoms with Gasteiger partial charge in [-0.15, -0.1) is 0 Å². The molecule has 0 unspecified atom stereocenters. The average Bonchev–Trinajstić information content (AvgIpc) is 2.63. The zero-order chi connectivity index (χ0) is 12.2. The van der Waals surface area contributed by atoms with E-state index in [2.05, 4.69) is 4.98 Å². The van der Waals surface area contributed by atoms with Gasteiger partial charge in [-0.2, -0.15) is 0 Å². The summed E-state index contributed by atoms with van der Waals surface area (Å²) in [6, 6.07) is 0. The van der Waals surface area contributed by atoms with Crippen molar-refractivity contribution in [3.63, 3.8) is 0 Å². The molecule has 0 aromatic carbocycles. The second-order valence-electron chi connectivity index (χ2n) is 3.58. The molecule has 1 aromatic rings. The molecule has 1 rings (SSSR count). The van der Waals surface area contributed by atoms with Gasteiger partial charge in [0.05, 0.1) is 12.1 Å². The lowest BCUT2D eigenvalue weighted by molar-refractivity contribution is 0.102. The Morgan fingerprint density at radius 3 is 2.75 bits per heavy atom. The van der Waals surface area contributed by atoms with Crippen LogP contribution in [0.1, 0.15) is 23.8 Å². The number of sulfone groups is 1. The zero-order valence-electron chi connectivity index (χ0n) is 9.38. The number of carbonyl (C=O) groups is 1. The van der Waals surface area contributed by atoms with Crippen molar-refractivity contribution < 1.29 is 13.2 Å². The number of aromatic nitrogens is 2. The summed E-state index contributed by atoms with van der Waals surface area (Å²) < 4.78 is 23.5. The maximum Gasteiger partial charge on any atom is 0.186 e. The minimum Gasteiger partial charge on any atom is -0.337 e. The van der Waals surface area contributed by atoms with E-state index >= 15 is 0 Å². The van der Waals surface area contributed by atoms with Crippen molar-refractivity contribution in [2.45, 2.75) is 19.9 Å². The number of aryl methyl sites for hydroxylation is 1. The highest BCUT2D eigenvalue weighted by Gasteiger charge is 2.11. The Hall–Kier alpha value is -1.17. The lowest BCUT2D eigenvalue weighted by atomic mass is 10.2. The minimum atomic E-state index is -3.01. The number of hydrogen-bond donors (Lipinski definition) is 0. The Morgan fingerprint density at radius 1 is 1.56 bits per heavy atom. The third-order valence-electron chi connectivity index (χ3n) is 2.07. The van der Waals surface area contributed by atoms with Crippen LogP contribution in [0.15, 0.2) is 12.5 Å². The predicted octanol–water partition coefficient (Wildman–Crippen LogP) is 0.725. The van der Waals surface area contributed by atoms with Gasteiger partial charge in [0.25, 0.3) is 0 Å². The summed E-state index contributed by atoms with van der Waals surface area (Å²) in [6.45, 7) is 2.70. The first kappa shape index (κ1) is 12.9. The van der Waals surface area contributed by atoms with Crippen LogP contribution in [-0.2, 0) is 16.4 Å². The molecule has 0 bridgehead atoms. The number of carbonyl (C=O) groups excluding carboxylic acids is 1. The van der Waals surface area contributed by atoms with Gasteiger partial charge in [0, 0.05) is 25.4 Å². The van der Waals surface area contributed by atoms with Crippen LogP contribution in [-0.4, -0.2) is 35.8 Å². The van der Waals surface area contributed by atoms with Gasteiger partial charge in [0.15, 0.2) is 5.78 Å². The molecular weight excluding hydrogens is 228 g/mol. The second kappa shape index (κ2) is 5.25. The summed E-state index contributed by atoms with van der Waals surface area (Å²) in [4.78, 5) is 15.5. The van der Waals surface area contributed by atoms with Gasteiger partial charge in [-0.3, -0.25) is 4.79 Å². The lowest BCUT2D eigenvalue weighted by Crippen LogP contribution is -2.07. The largest absolute Gasteiger partial charge is 0.337 e. The fourth-order valence-electron chi connectivity index (χ4n) is 1.17. The molecule has 0 saturated carbocycles. The Balaban J connectivity index is 2.47. The van der Waals surface area contributed by atoms with E-state index in [1.165, 1.54) is 6.42 Å². The maximum absolute atomic E-state index is 11.5. The van der Waals surface area contributed by atoms with Crippen molar-refractivity contribution in [1.29, 1.82) is 0 Å². The third kappa shape index (κ3) is 4.14. The van der Waals surface area contributed by atoms with E-state index in [0.29, 0.717) is 5.69 Å². The van der Waals surface area contributed by atoms with Gasteiger partial charge in [-0.1, -0.05) is 0 Å². The van der Waals surface area contributed by atoms with Crippen LogP contribution in [0, 0.1) is 6.42 Å². The van der Waals surface area contributed by atoms with Crippen molar-refractivity contribution >= 4 is 15.6 Å². The summed E-state index contributed by atoms with van der Waals surface area (Å²) in [7, 11) is -3.01. The predicted molar refractivity (Wildman–Crippen MR) is 60.9 cm³/mol. The Morgan fingerprint density at radius 2 is 2.25 bits per heavy atom. The second-order valence-corrected chi connectivity index (χ2v) is 5.84. The molecule has 1 radical (unpaired) electrons. The van der Waals surface area contributed by atoms with E-state index in [-0.39, 0.29) is 18.0 Å². The standard InChI is InChI=1S/C10H15N2O3S/c1-3-12-7-9(11-8-12)10(13)5-4-6-16(2,14)15/h5,7-8H,3-4,6H2,1-2H3. The SMILES string of the molecule is CCn1cnc(C(=O)[CH]CCS(C)(=O)=O)c1. The number of imidazole rings is 1. The summed E-state index contributed by atoms with van der Waals surface area (Å²) in [5.41, 5.74) is 0.357. The van der Waals surface area contributed by atoms with Gasteiger partial charge in [0.2, 0.25) is 0 Å². The van der Waals surface area contributed by atoms with E-state index < -0.39 is 9.84 Å². The molecule has 1 aromatic heterocycles. The number of Topliss-reactive ketones (excluding diaryl/α,β-unsaturated/α-hetero) is 1. The third-order valence-corrected chi connectivity index (χ3v) is 3.05. The number of nitrogens with zero attached hydrogens (tertiary/aromatic N) is 2. The van der Waals surface area contributed by atoms with Crippen LogP contribution in [0.4, 0.5) is 0 Å². The summed E-state index contributed by atoms with van der Waals surface area (Å²) in [5.74, 6) is -0.233. The highest BCUT2D eigenvalue weighted by Crippen LogP contribution is 2.03. The van der Waals surface area contributed by atoms with E-state index in [0.717, 1.165) is 12.8 Å². The van der Waals surface area contributed by atoms with Crippen LogP contribution in [0.3, 0.4) is 0 Å². The maximum atomic E-state index is 11.5. The van der Waals surface area contributed by atoms with Gasteiger partial charge >= 0.3 is 0 Å². The van der Waals surface area contributed by atoms with Crippen molar-refractivity contribution in [1.82, 2.24) is 9.55 Å². The van der Waals surface area contributed by atoms with Crippen molar-refractivity contribution in [3.05, 3.63) is 24.6 Å². The molecule has 0 fully saturated rings. The zero-order valence-corrected chi connectivity index (χ0v) is 10.2. The molecule has 0 spiro atoms. The molecule has 0 aliphatic rings. The Kier molecular flexibility index (Phi) is 4.23. The van der Waals surface area contributed by atoms with E-state index in [9.17, 15) is 13.2 Å². The average molecular weight is 243 g/mol. The molecular formula is C10H15N2O3S. The normalized spacial score (nSPS) is 11.6. The molecule has 0 saturated heterocycles. The first-order chi connectivity index (χ1) is 7.42. The van der Waals surface area contributed by atoms with Crippen molar-refractivity contribution in [2.75, 3.05) is 12.0 Å². The fourth-order valence-corrected chi connectivity index (χ4v) is 1.71. The van der Waals surface area contributed by atoms with Gasteiger partial charge in [0.1, 0.15) is 15.5 Å². The highest BCUT2D eigenvalue weighted by molar-refractivity contribution is 7.90. The topological polar surface area (TPSA) is 69.0 Å². The van der Waals surface area contributed by atoms with Crippen LogP contribution in [0.25, 0.3) is 0 Å². The molecule has 0 amide bonds. The van der Waals surface area contributed by atoms with Crippen LogP contribution in [0.5, 0.6) is 0 Å². The van der Waals surface area contributed by atoms with Gasteiger partial charge in [-0.25, -0.2) is 13.4 Å². The quantitative estimate of drug-likeness (QED) is 0.690. The van der Waals surface area contributed by atoms with Crippen LogP contribution >= 0.6 is 0 Å². The van der Waals surface area contributed by atoms with Crippen molar-refractivity contribution in [2.24, 2.45) is 0 Å². The van der Waals surface area contributed by atoms with Gasteiger partial charge in [-0.05, 0) is 13.3 Å². The van der Waals surface area contributed by atoms with Crippen LogP contribution < -0.4 is 0 Å².